The molecule has 1 aliphatic rings. The molecule has 0 radical (unpaired) electrons. The predicted octanol–water partition coefficient (Wildman–Crippen LogP) is 2.63. The molecule has 0 aromatic carbocycles. The van der Waals surface area contributed by atoms with Gasteiger partial charge in [0.25, 0.3) is 0 Å². The third kappa shape index (κ3) is 9.56. The van der Waals surface area contributed by atoms with Crippen molar-refractivity contribution in [1.82, 2.24) is 15.2 Å². The second-order valence-corrected chi connectivity index (χ2v) is 6.82. The predicted molar refractivity (Wildman–Crippen MR) is 104 cm³/mol. The van der Waals surface area contributed by atoms with Crippen molar-refractivity contribution >= 4 is 17.8 Å². The molecule has 3 N–H and O–H groups in total. The SMILES string of the molecule is Cc1ccc(N2CC[C@H](O)[C@@H]2Cc2cccnc2)nn1.O=C(O)C(F)(F)F.O=C(O)C(F)(F)F. The van der Waals surface area contributed by atoms with Crippen LogP contribution in [0.2, 0.25) is 0 Å². The van der Waals surface area contributed by atoms with E-state index in [1.54, 1.807) is 6.20 Å². The van der Waals surface area contributed by atoms with Gasteiger partial charge >= 0.3 is 24.3 Å². The molecule has 0 spiro atoms. The van der Waals surface area contributed by atoms with Crippen LogP contribution in [0.4, 0.5) is 32.2 Å². The number of alkyl halides is 6. The van der Waals surface area contributed by atoms with E-state index in [0.717, 1.165) is 36.5 Å². The van der Waals surface area contributed by atoms with Gasteiger partial charge in [0.2, 0.25) is 0 Å². The van der Waals surface area contributed by atoms with Gasteiger partial charge in [0, 0.05) is 18.9 Å². The number of hydrogen-bond donors (Lipinski definition) is 3. The summed E-state index contributed by atoms with van der Waals surface area (Å²) in [6.07, 6.45) is -5.36. The number of halogens is 6. The van der Waals surface area contributed by atoms with Crippen LogP contribution in [0.25, 0.3) is 0 Å². The normalized spacial score (nSPS) is 17.7. The molecule has 9 nitrogen and oxygen atoms in total. The van der Waals surface area contributed by atoms with Crippen LogP contribution in [0.1, 0.15) is 17.7 Å². The Morgan fingerprint density at radius 1 is 1.03 bits per heavy atom. The summed E-state index contributed by atoms with van der Waals surface area (Å²) in [5.41, 5.74) is 2.03. The highest BCUT2D eigenvalue weighted by atomic mass is 19.4. The summed E-state index contributed by atoms with van der Waals surface area (Å²) in [7, 11) is 0. The summed E-state index contributed by atoms with van der Waals surface area (Å²) < 4.78 is 63.5. The molecule has 0 saturated carbocycles. The molecule has 1 fully saturated rings. The molecular weight excluding hydrogens is 478 g/mol. The second kappa shape index (κ2) is 12.1. The summed E-state index contributed by atoms with van der Waals surface area (Å²) in [5, 5.41) is 32.8. The van der Waals surface area contributed by atoms with Crippen LogP contribution in [0.5, 0.6) is 0 Å². The number of anilines is 1. The van der Waals surface area contributed by atoms with Crippen LogP contribution in [0, 0.1) is 6.92 Å². The molecule has 2 aromatic heterocycles. The fourth-order valence-corrected chi connectivity index (χ4v) is 2.67. The van der Waals surface area contributed by atoms with Crippen molar-refractivity contribution in [3.63, 3.8) is 0 Å². The quantitative estimate of drug-likeness (QED) is 0.546. The lowest BCUT2D eigenvalue weighted by Gasteiger charge is -2.26. The zero-order valence-corrected chi connectivity index (χ0v) is 17.5. The summed E-state index contributed by atoms with van der Waals surface area (Å²) in [5.74, 6) is -4.68. The van der Waals surface area contributed by atoms with Gasteiger partial charge in [-0.05, 0) is 43.5 Å². The number of rotatable bonds is 3. The number of nitrogens with zero attached hydrogens (tertiary/aromatic N) is 4. The number of aromatic nitrogens is 3. The zero-order valence-electron chi connectivity index (χ0n) is 17.5. The second-order valence-electron chi connectivity index (χ2n) is 6.82. The van der Waals surface area contributed by atoms with E-state index >= 15 is 0 Å². The first-order valence-electron chi connectivity index (χ1n) is 9.37. The van der Waals surface area contributed by atoms with E-state index in [9.17, 15) is 31.4 Å². The van der Waals surface area contributed by atoms with Crippen LogP contribution < -0.4 is 4.90 Å². The molecular formula is C19H20F6N4O5. The van der Waals surface area contributed by atoms with Crippen molar-refractivity contribution in [2.75, 3.05) is 11.4 Å². The number of carboxylic acids is 2. The lowest BCUT2D eigenvalue weighted by Crippen LogP contribution is -2.37. The number of aryl methyl sites for hydroxylation is 1. The van der Waals surface area contributed by atoms with Crippen LogP contribution in [-0.2, 0) is 16.0 Å². The minimum Gasteiger partial charge on any atom is -0.475 e. The largest absolute Gasteiger partial charge is 0.490 e. The van der Waals surface area contributed by atoms with Crippen LogP contribution in [-0.4, -0.2) is 73.5 Å². The summed E-state index contributed by atoms with van der Waals surface area (Å²) >= 11 is 0. The minimum atomic E-state index is -5.08. The van der Waals surface area contributed by atoms with Gasteiger partial charge in [-0.1, -0.05) is 6.07 Å². The first kappa shape index (κ1) is 28.5. The first-order valence-corrected chi connectivity index (χ1v) is 9.37. The maximum atomic E-state index is 10.6. The van der Waals surface area contributed by atoms with E-state index in [-0.39, 0.29) is 12.1 Å². The van der Waals surface area contributed by atoms with E-state index in [2.05, 4.69) is 20.1 Å². The number of carboxylic acid groups (broad SMARTS) is 2. The topological polar surface area (TPSA) is 137 Å². The maximum Gasteiger partial charge on any atom is 0.490 e. The highest BCUT2D eigenvalue weighted by Gasteiger charge is 2.39. The highest BCUT2D eigenvalue weighted by molar-refractivity contribution is 5.73. The summed E-state index contributed by atoms with van der Waals surface area (Å²) in [4.78, 5) is 24.1. The monoisotopic (exact) mass is 498 g/mol. The summed E-state index contributed by atoms with van der Waals surface area (Å²) in [6.45, 7) is 2.73. The molecule has 2 atom stereocenters. The standard InChI is InChI=1S/C15H18N4O.2C2HF3O2/c1-11-4-5-15(18-17-11)19-8-6-14(20)13(19)9-12-3-2-7-16-10-12;2*3-2(4,5)1(6)7/h2-5,7,10,13-14,20H,6,8-9H2,1H3;2*(H,6,7)/t13-,14-;;/m0../s1. The van der Waals surface area contributed by atoms with Gasteiger partial charge in [0.05, 0.1) is 17.8 Å². The Kier molecular flexibility index (Phi) is 10.2. The fourth-order valence-electron chi connectivity index (χ4n) is 2.67. The molecule has 15 heteroatoms. The molecule has 3 heterocycles. The Bertz CT molecular complexity index is 902. The molecule has 188 valence electrons. The molecule has 1 aliphatic heterocycles. The molecule has 0 aliphatic carbocycles. The fraction of sp³-hybridized carbons (Fsp3) is 0.421. The van der Waals surface area contributed by atoms with E-state index in [1.807, 2.05) is 37.4 Å². The molecule has 3 rings (SSSR count). The molecule has 2 aromatic rings. The minimum absolute atomic E-state index is 0.0382. The van der Waals surface area contributed by atoms with Crippen molar-refractivity contribution in [2.24, 2.45) is 0 Å². The van der Waals surface area contributed by atoms with Gasteiger partial charge in [0.15, 0.2) is 5.82 Å². The first-order chi connectivity index (χ1) is 15.6. The number of carbonyl (C=O) groups is 2. The third-order valence-corrected chi connectivity index (χ3v) is 4.24. The Balaban J connectivity index is 0.000000343. The summed E-state index contributed by atoms with van der Waals surface area (Å²) in [6, 6.07) is 7.92. The molecule has 34 heavy (non-hydrogen) atoms. The molecule has 0 unspecified atom stereocenters. The third-order valence-electron chi connectivity index (χ3n) is 4.24. The van der Waals surface area contributed by atoms with Gasteiger partial charge in [-0.3, -0.25) is 4.98 Å². The van der Waals surface area contributed by atoms with E-state index in [1.165, 1.54) is 0 Å². The van der Waals surface area contributed by atoms with Gasteiger partial charge in [-0.2, -0.15) is 31.4 Å². The van der Waals surface area contributed by atoms with E-state index < -0.39 is 24.3 Å². The Morgan fingerprint density at radius 2 is 1.59 bits per heavy atom. The van der Waals surface area contributed by atoms with Crippen molar-refractivity contribution in [2.45, 2.75) is 44.3 Å². The molecule has 1 saturated heterocycles. The smallest absolute Gasteiger partial charge is 0.475 e. The van der Waals surface area contributed by atoms with Crippen LogP contribution >= 0.6 is 0 Å². The van der Waals surface area contributed by atoms with E-state index in [0.29, 0.717) is 0 Å². The number of aliphatic hydroxyl groups is 1. The van der Waals surface area contributed by atoms with Gasteiger partial charge in [-0.15, -0.1) is 5.10 Å². The number of hydrogen-bond acceptors (Lipinski definition) is 7. The number of aliphatic carboxylic acids is 2. The lowest BCUT2D eigenvalue weighted by atomic mass is 10.0. The highest BCUT2D eigenvalue weighted by Crippen LogP contribution is 2.26. The van der Waals surface area contributed by atoms with Crippen molar-refractivity contribution < 1.29 is 51.3 Å². The maximum absolute atomic E-state index is 10.6. The molecule has 0 bridgehead atoms. The van der Waals surface area contributed by atoms with Crippen molar-refractivity contribution in [3.05, 3.63) is 47.9 Å². The van der Waals surface area contributed by atoms with Crippen molar-refractivity contribution in [1.29, 1.82) is 0 Å². The van der Waals surface area contributed by atoms with Gasteiger partial charge in [-0.25, -0.2) is 9.59 Å². The number of aliphatic hydroxyl groups excluding tert-OH is 1. The van der Waals surface area contributed by atoms with E-state index in [4.69, 9.17) is 19.8 Å². The number of pyridine rings is 1. The van der Waals surface area contributed by atoms with Crippen molar-refractivity contribution in [3.8, 4) is 0 Å². The zero-order chi connectivity index (χ0) is 26.1. The van der Waals surface area contributed by atoms with Gasteiger partial charge < -0.3 is 20.2 Å². The average Bonchev–Trinajstić information content (AvgIpc) is 3.09. The van der Waals surface area contributed by atoms with Crippen LogP contribution in [0.15, 0.2) is 36.7 Å². The average molecular weight is 498 g/mol. The van der Waals surface area contributed by atoms with Crippen LogP contribution in [0.3, 0.4) is 0 Å². The Hall–Kier alpha value is -3.49. The Labute approximate surface area is 188 Å². The lowest BCUT2D eigenvalue weighted by molar-refractivity contribution is -0.193. The van der Waals surface area contributed by atoms with Gasteiger partial charge in [0.1, 0.15) is 0 Å². The Morgan fingerprint density at radius 3 is 2.00 bits per heavy atom. The molecule has 0 amide bonds.